The number of anilines is 1. The maximum atomic E-state index is 12.4. The molecule has 1 aromatic heterocycles. The van der Waals surface area contributed by atoms with Gasteiger partial charge in [0.15, 0.2) is 6.61 Å². The molecule has 2 heterocycles. The lowest BCUT2D eigenvalue weighted by Gasteiger charge is -2.32. The molecule has 2 fully saturated rings. The van der Waals surface area contributed by atoms with E-state index in [1.54, 1.807) is 0 Å². The predicted molar refractivity (Wildman–Crippen MR) is 126 cm³/mol. The Morgan fingerprint density at radius 3 is 2.84 bits per heavy atom. The van der Waals surface area contributed by atoms with Gasteiger partial charge in [0.2, 0.25) is 0 Å². The van der Waals surface area contributed by atoms with Crippen LogP contribution in [0.1, 0.15) is 56.1 Å². The van der Waals surface area contributed by atoms with Crippen LogP contribution >= 0.6 is 11.6 Å². The molecule has 1 saturated carbocycles. The highest BCUT2D eigenvalue weighted by atomic mass is 35.5. The van der Waals surface area contributed by atoms with Gasteiger partial charge < -0.3 is 19.7 Å². The number of carbonyl (C=O) groups excluding carboxylic acids is 1. The predicted octanol–water partition coefficient (Wildman–Crippen LogP) is 4.70. The molecule has 1 N–H and O–H groups in total. The number of nitrogens with zero attached hydrogens (tertiary/aromatic N) is 2. The monoisotopic (exact) mass is 457 g/mol. The lowest BCUT2D eigenvalue weighted by atomic mass is 9.84. The van der Waals surface area contributed by atoms with Crippen molar-refractivity contribution in [1.29, 1.82) is 0 Å². The maximum absolute atomic E-state index is 12.4. The number of rotatable bonds is 7. The van der Waals surface area contributed by atoms with Crippen LogP contribution in [0, 0.1) is 0 Å². The van der Waals surface area contributed by atoms with Crippen molar-refractivity contribution in [2.75, 3.05) is 31.2 Å². The van der Waals surface area contributed by atoms with Crippen molar-refractivity contribution in [3.63, 3.8) is 0 Å². The van der Waals surface area contributed by atoms with E-state index in [2.05, 4.69) is 22.1 Å². The Labute approximate surface area is 195 Å². The first kappa shape index (κ1) is 22.9. The van der Waals surface area contributed by atoms with Gasteiger partial charge >= 0.3 is 0 Å². The highest BCUT2D eigenvalue weighted by molar-refractivity contribution is 6.30. The van der Waals surface area contributed by atoms with Gasteiger partial charge in [0.05, 0.1) is 12.7 Å². The molecule has 7 heteroatoms. The van der Waals surface area contributed by atoms with Gasteiger partial charge in [-0.05, 0) is 61.1 Å². The molecule has 2 aliphatic rings. The van der Waals surface area contributed by atoms with Crippen LogP contribution in [0.5, 0.6) is 5.75 Å². The molecular weight excluding hydrogens is 426 g/mol. The number of amides is 1. The SMILES string of the molecule is CC1CN(c2ccc(CNC(=O)COc3ccc(Cl)cc3C3CCCCC3)cn2)CCO1. The van der Waals surface area contributed by atoms with Crippen LogP contribution < -0.4 is 15.0 Å². The lowest BCUT2D eigenvalue weighted by molar-refractivity contribution is -0.123. The minimum absolute atomic E-state index is 0.0153. The van der Waals surface area contributed by atoms with Crippen molar-refractivity contribution >= 4 is 23.3 Å². The first-order valence-corrected chi connectivity index (χ1v) is 12.0. The van der Waals surface area contributed by atoms with E-state index in [1.807, 2.05) is 36.5 Å². The molecule has 1 unspecified atom stereocenters. The fourth-order valence-electron chi connectivity index (χ4n) is 4.51. The number of pyridine rings is 1. The third kappa shape index (κ3) is 6.14. The number of benzene rings is 1. The Hall–Kier alpha value is -2.31. The van der Waals surface area contributed by atoms with E-state index < -0.39 is 0 Å². The van der Waals surface area contributed by atoms with Crippen molar-refractivity contribution in [2.24, 2.45) is 0 Å². The van der Waals surface area contributed by atoms with Crippen LogP contribution in [0.2, 0.25) is 5.02 Å². The van der Waals surface area contributed by atoms with Gasteiger partial charge in [0.1, 0.15) is 11.6 Å². The van der Waals surface area contributed by atoms with Gasteiger partial charge in [-0.3, -0.25) is 4.79 Å². The first-order valence-electron chi connectivity index (χ1n) is 11.6. The molecule has 0 spiro atoms. The van der Waals surface area contributed by atoms with Crippen molar-refractivity contribution in [3.05, 3.63) is 52.7 Å². The molecular formula is C25H32ClN3O3. The molecule has 1 aliphatic heterocycles. The zero-order valence-corrected chi connectivity index (χ0v) is 19.4. The van der Waals surface area contributed by atoms with Crippen LogP contribution in [-0.2, 0) is 16.1 Å². The van der Waals surface area contributed by atoms with E-state index in [1.165, 1.54) is 19.3 Å². The Bertz CT molecular complexity index is 900. The highest BCUT2D eigenvalue weighted by Crippen LogP contribution is 2.38. The average molecular weight is 458 g/mol. The minimum atomic E-state index is -0.152. The van der Waals surface area contributed by atoms with Gasteiger partial charge in [0, 0.05) is 30.9 Å². The van der Waals surface area contributed by atoms with Crippen LogP contribution in [0.25, 0.3) is 0 Å². The summed E-state index contributed by atoms with van der Waals surface area (Å²) in [6, 6.07) is 9.70. The highest BCUT2D eigenvalue weighted by Gasteiger charge is 2.20. The summed E-state index contributed by atoms with van der Waals surface area (Å²) in [6.07, 6.45) is 8.07. The Kier molecular flexibility index (Phi) is 7.87. The molecule has 2 aromatic rings. The Balaban J connectivity index is 1.27. The average Bonchev–Trinajstić information content (AvgIpc) is 2.83. The number of carbonyl (C=O) groups is 1. The third-order valence-electron chi connectivity index (χ3n) is 6.24. The summed E-state index contributed by atoms with van der Waals surface area (Å²) >= 11 is 6.23. The van der Waals surface area contributed by atoms with Crippen LogP contribution in [0.4, 0.5) is 5.82 Å². The topological polar surface area (TPSA) is 63.7 Å². The number of hydrogen-bond donors (Lipinski definition) is 1. The molecule has 4 rings (SSSR count). The molecule has 6 nitrogen and oxygen atoms in total. The van der Waals surface area contributed by atoms with Gasteiger partial charge in [0.25, 0.3) is 5.91 Å². The Morgan fingerprint density at radius 1 is 1.25 bits per heavy atom. The second-order valence-electron chi connectivity index (χ2n) is 8.73. The van der Waals surface area contributed by atoms with E-state index in [4.69, 9.17) is 21.1 Å². The van der Waals surface area contributed by atoms with Crippen molar-refractivity contribution in [3.8, 4) is 5.75 Å². The van der Waals surface area contributed by atoms with Gasteiger partial charge in [-0.15, -0.1) is 0 Å². The molecule has 1 aliphatic carbocycles. The standard InChI is InChI=1S/C25H32ClN3O3/c1-18-16-29(11-12-31-18)24-10-7-19(14-27-24)15-28-25(30)17-32-23-9-8-21(26)13-22(23)20-5-3-2-4-6-20/h7-10,13-14,18,20H,2-6,11-12,15-17H2,1H3,(H,28,30). The van der Waals surface area contributed by atoms with E-state index in [0.29, 0.717) is 17.5 Å². The molecule has 0 radical (unpaired) electrons. The normalized spacial score (nSPS) is 19.6. The second-order valence-corrected chi connectivity index (χ2v) is 9.17. The molecule has 1 aromatic carbocycles. The summed E-state index contributed by atoms with van der Waals surface area (Å²) in [5.74, 6) is 2.01. The molecule has 1 amide bonds. The molecule has 172 valence electrons. The number of morpholine rings is 1. The molecule has 32 heavy (non-hydrogen) atoms. The molecule has 1 saturated heterocycles. The number of nitrogens with one attached hydrogen (secondary N) is 1. The second kappa shape index (κ2) is 11.0. The zero-order valence-electron chi connectivity index (χ0n) is 18.7. The summed E-state index contributed by atoms with van der Waals surface area (Å²) < 4.78 is 11.5. The van der Waals surface area contributed by atoms with Crippen molar-refractivity contribution in [1.82, 2.24) is 10.3 Å². The quantitative estimate of drug-likeness (QED) is 0.652. The summed E-state index contributed by atoms with van der Waals surface area (Å²) in [6.45, 7) is 4.88. The van der Waals surface area contributed by atoms with E-state index in [9.17, 15) is 4.79 Å². The van der Waals surface area contributed by atoms with Gasteiger partial charge in [-0.2, -0.15) is 0 Å². The number of ether oxygens (including phenoxy) is 2. The fourth-order valence-corrected chi connectivity index (χ4v) is 4.69. The van der Waals surface area contributed by atoms with Crippen LogP contribution in [-0.4, -0.2) is 43.3 Å². The summed E-state index contributed by atoms with van der Waals surface area (Å²) in [7, 11) is 0. The zero-order chi connectivity index (χ0) is 22.3. The Morgan fingerprint density at radius 2 is 2.09 bits per heavy atom. The lowest BCUT2D eigenvalue weighted by Crippen LogP contribution is -2.41. The summed E-state index contributed by atoms with van der Waals surface area (Å²) in [4.78, 5) is 19.2. The number of hydrogen-bond acceptors (Lipinski definition) is 5. The van der Waals surface area contributed by atoms with E-state index >= 15 is 0 Å². The number of halogens is 1. The summed E-state index contributed by atoms with van der Waals surface area (Å²) in [5.41, 5.74) is 2.08. The van der Waals surface area contributed by atoms with Crippen LogP contribution in [0.15, 0.2) is 36.5 Å². The summed E-state index contributed by atoms with van der Waals surface area (Å²) in [5, 5.41) is 3.63. The fraction of sp³-hybridized carbons (Fsp3) is 0.520. The molecule has 0 bridgehead atoms. The smallest absolute Gasteiger partial charge is 0.258 e. The third-order valence-corrected chi connectivity index (χ3v) is 6.47. The minimum Gasteiger partial charge on any atom is -0.483 e. The van der Waals surface area contributed by atoms with Crippen LogP contribution in [0.3, 0.4) is 0 Å². The number of aromatic nitrogens is 1. The van der Waals surface area contributed by atoms with E-state index in [-0.39, 0.29) is 18.6 Å². The first-order chi connectivity index (χ1) is 15.6. The van der Waals surface area contributed by atoms with E-state index in [0.717, 1.165) is 55.2 Å². The largest absolute Gasteiger partial charge is 0.483 e. The van der Waals surface area contributed by atoms with Crippen molar-refractivity contribution < 1.29 is 14.3 Å². The maximum Gasteiger partial charge on any atom is 0.258 e. The van der Waals surface area contributed by atoms with Crippen molar-refractivity contribution in [2.45, 2.75) is 57.6 Å². The molecule has 1 atom stereocenters. The van der Waals surface area contributed by atoms with Gasteiger partial charge in [-0.25, -0.2) is 4.98 Å². The van der Waals surface area contributed by atoms with Gasteiger partial charge in [-0.1, -0.05) is 36.9 Å².